The molecule has 0 heterocycles. The molecule has 0 aromatic heterocycles. The Balaban J connectivity index is 2.24. The van der Waals surface area contributed by atoms with Gasteiger partial charge >= 0.3 is 0 Å². The summed E-state index contributed by atoms with van der Waals surface area (Å²) in [6.07, 6.45) is 1.23. The summed E-state index contributed by atoms with van der Waals surface area (Å²) in [7, 11) is 1.84. The lowest BCUT2D eigenvalue weighted by Crippen LogP contribution is -2.35. The van der Waals surface area contributed by atoms with Gasteiger partial charge in [-0.15, -0.1) is 0 Å². The molecule has 2 N–H and O–H groups in total. The van der Waals surface area contributed by atoms with Crippen LogP contribution in [0.3, 0.4) is 0 Å². The molecule has 0 aromatic carbocycles. The quantitative estimate of drug-likeness (QED) is 0.554. The average Bonchev–Trinajstić information content (AvgIpc) is 2.40. The lowest BCUT2D eigenvalue weighted by molar-refractivity contribution is 0.593. The minimum atomic E-state index is 0.459. The van der Waals surface area contributed by atoms with Crippen LogP contribution in [0.5, 0.6) is 0 Å². The summed E-state index contributed by atoms with van der Waals surface area (Å²) >= 11 is 4.95. The Morgan fingerprint density at radius 1 is 1.60 bits per heavy atom. The molecular weight excluding hydrogens is 144 g/mol. The maximum atomic E-state index is 4.95. The largest absolute Gasteiger partial charge is 0.366 e. The summed E-state index contributed by atoms with van der Waals surface area (Å²) in [5, 5.41) is 6.87. The molecule has 3 heteroatoms. The number of nitrogens with one attached hydrogen (secondary N) is 2. The monoisotopic (exact) mass is 158 g/mol. The first-order valence-electron chi connectivity index (χ1n) is 3.54. The van der Waals surface area contributed by atoms with Gasteiger partial charge in [0.05, 0.1) is 0 Å². The third kappa shape index (κ3) is 1.59. The van der Waals surface area contributed by atoms with E-state index < -0.39 is 0 Å². The normalized spacial score (nSPS) is 27.3. The standard InChI is InChI=1S/C7H14N2S/c1-7(2)4-5(7)9-6(10)8-3/h5H,4H2,1-3H3,(H2,8,9,10). The number of hydrogen-bond donors (Lipinski definition) is 2. The topological polar surface area (TPSA) is 24.1 Å². The van der Waals surface area contributed by atoms with Gasteiger partial charge in [0.1, 0.15) is 0 Å². The van der Waals surface area contributed by atoms with Crippen molar-refractivity contribution in [1.29, 1.82) is 0 Å². The molecule has 58 valence electrons. The van der Waals surface area contributed by atoms with Crippen molar-refractivity contribution < 1.29 is 0 Å². The van der Waals surface area contributed by atoms with Crippen LogP contribution in [0.2, 0.25) is 0 Å². The van der Waals surface area contributed by atoms with E-state index in [0.29, 0.717) is 11.5 Å². The van der Waals surface area contributed by atoms with Gasteiger partial charge in [-0.25, -0.2) is 0 Å². The molecule has 1 saturated carbocycles. The highest BCUT2D eigenvalue weighted by atomic mass is 32.1. The molecule has 0 spiro atoms. The fraction of sp³-hybridized carbons (Fsp3) is 0.857. The molecule has 10 heavy (non-hydrogen) atoms. The Hall–Kier alpha value is -0.310. The van der Waals surface area contributed by atoms with E-state index in [1.54, 1.807) is 0 Å². The Morgan fingerprint density at radius 2 is 2.10 bits per heavy atom. The molecule has 1 unspecified atom stereocenters. The second-order valence-electron chi connectivity index (χ2n) is 3.47. The second kappa shape index (κ2) is 2.38. The van der Waals surface area contributed by atoms with Crippen molar-refractivity contribution in [1.82, 2.24) is 10.6 Å². The van der Waals surface area contributed by atoms with Gasteiger partial charge in [0, 0.05) is 13.1 Å². The first kappa shape index (κ1) is 7.79. The maximum absolute atomic E-state index is 4.95. The summed E-state index contributed by atoms with van der Waals surface area (Å²) in [5.74, 6) is 0. The van der Waals surface area contributed by atoms with Gasteiger partial charge < -0.3 is 10.6 Å². The molecular formula is C7H14N2S. The van der Waals surface area contributed by atoms with E-state index in [2.05, 4.69) is 24.5 Å². The van der Waals surface area contributed by atoms with Crippen molar-refractivity contribution in [3.63, 3.8) is 0 Å². The average molecular weight is 158 g/mol. The molecule has 0 aliphatic heterocycles. The number of thiocarbonyl (C=S) groups is 1. The van der Waals surface area contributed by atoms with E-state index in [9.17, 15) is 0 Å². The fourth-order valence-electron chi connectivity index (χ4n) is 0.944. The molecule has 1 atom stereocenters. The highest BCUT2D eigenvalue weighted by molar-refractivity contribution is 7.80. The predicted molar refractivity (Wildman–Crippen MR) is 47.0 cm³/mol. The summed E-state index contributed by atoms with van der Waals surface area (Å²) < 4.78 is 0. The lowest BCUT2D eigenvalue weighted by atomic mass is 10.2. The van der Waals surface area contributed by atoms with Gasteiger partial charge in [-0.1, -0.05) is 13.8 Å². The van der Waals surface area contributed by atoms with Gasteiger partial charge in [-0.2, -0.15) is 0 Å². The van der Waals surface area contributed by atoms with Crippen molar-refractivity contribution in [2.45, 2.75) is 26.3 Å². The highest BCUT2D eigenvalue weighted by Crippen LogP contribution is 2.44. The van der Waals surface area contributed by atoms with E-state index in [1.165, 1.54) is 6.42 Å². The molecule has 1 rings (SSSR count). The lowest BCUT2D eigenvalue weighted by Gasteiger charge is -2.07. The van der Waals surface area contributed by atoms with Crippen LogP contribution in [0, 0.1) is 5.41 Å². The van der Waals surface area contributed by atoms with Crippen LogP contribution in [0.1, 0.15) is 20.3 Å². The molecule has 1 aliphatic rings. The third-order valence-electron chi connectivity index (χ3n) is 2.05. The number of hydrogen-bond acceptors (Lipinski definition) is 1. The number of rotatable bonds is 1. The molecule has 0 bridgehead atoms. The van der Waals surface area contributed by atoms with E-state index in [4.69, 9.17) is 12.2 Å². The van der Waals surface area contributed by atoms with Crippen LogP contribution in [-0.2, 0) is 0 Å². The first-order chi connectivity index (χ1) is 4.56. The van der Waals surface area contributed by atoms with Crippen LogP contribution in [-0.4, -0.2) is 18.2 Å². The minimum absolute atomic E-state index is 0.459. The summed E-state index contributed by atoms with van der Waals surface area (Å²) in [6, 6.07) is 0.590. The second-order valence-corrected chi connectivity index (χ2v) is 3.88. The smallest absolute Gasteiger partial charge is 0.166 e. The van der Waals surface area contributed by atoms with E-state index in [1.807, 2.05) is 7.05 Å². The van der Waals surface area contributed by atoms with Crippen LogP contribution < -0.4 is 10.6 Å². The minimum Gasteiger partial charge on any atom is -0.366 e. The van der Waals surface area contributed by atoms with Gasteiger partial charge in [0.25, 0.3) is 0 Å². The third-order valence-corrected chi connectivity index (χ3v) is 2.37. The molecule has 0 aromatic rings. The van der Waals surface area contributed by atoms with Crippen LogP contribution >= 0.6 is 12.2 Å². The van der Waals surface area contributed by atoms with Crippen molar-refractivity contribution in [2.24, 2.45) is 5.41 Å². The molecule has 1 aliphatic carbocycles. The fourth-order valence-corrected chi connectivity index (χ4v) is 1.09. The molecule has 0 amide bonds. The Kier molecular flexibility index (Phi) is 1.86. The zero-order valence-electron chi connectivity index (χ0n) is 6.69. The van der Waals surface area contributed by atoms with Crippen molar-refractivity contribution in [3.05, 3.63) is 0 Å². The van der Waals surface area contributed by atoms with Crippen molar-refractivity contribution in [3.8, 4) is 0 Å². The molecule has 2 nitrogen and oxygen atoms in total. The molecule has 0 radical (unpaired) electrons. The van der Waals surface area contributed by atoms with Crippen molar-refractivity contribution in [2.75, 3.05) is 7.05 Å². The summed E-state index contributed by atoms with van der Waals surface area (Å²) in [4.78, 5) is 0. The maximum Gasteiger partial charge on any atom is 0.166 e. The van der Waals surface area contributed by atoms with Crippen LogP contribution in [0.25, 0.3) is 0 Å². The zero-order valence-corrected chi connectivity index (χ0v) is 7.51. The zero-order chi connectivity index (χ0) is 7.78. The molecule has 0 saturated heterocycles. The van der Waals surface area contributed by atoms with E-state index in [-0.39, 0.29) is 0 Å². The van der Waals surface area contributed by atoms with Gasteiger partial charge in [-0.3, -0.25) is 0 Å². The van der Waals surface area contributed by atoms with Crippen LogP contribution in [0.15, 0.2) is 0 Å². The van der Waals surface area contributed by atoms with E-state index in [0.717, 1.165) is 5.11 Å². The van der Waals surface area contributed by atoms with Gasteiger partial charge in [0.15, 0.2) is 5.11 Å². The first-order valence-corrected chi connectivity index (χ1v) is 3.95. The van der Waals surface area contributed by atoms with E-state index >= 15 is 0 Å². The van der Waals surface area contributed by atoms with Gasteiger partial charge in [-0.05, 0) is 24.1 Å². The Morgan fingerprint density at radius 3 is 2.40 bits per heavy atom. The highest BCUT2D eigenvalue weighted by Gasteiger charge is 2.45. The summed E-state index contributed by atoms with van der Waals surface area (Å²) in [6.45, 7) is 4.48. The Labute approximate surface area is 67.4 Å². The van der Waals surface area contributed by atoms with Crippen LogP contribution in [0.4, 0.5) is 0 Å². The predicted octanol–water partition coefficient (Wildman–Crippen LogP) is 0.879. The van der Waals surface area contributed by atoms with Crippen molar-refractivity contribution >= 4 is 17.3 Å². The summed E-state index contributed by atoms with van der Waals surface area (Å²) in [5.41, 5.74) is 0.459. The van der Waals surface area contributed by atoms with Gasteiger partial charge in [0.2, 0.25) is 0 Å². The Bertz CT molecular complexity index is 154. The SMILES string of the molecule is CNC(=S)NC1CC1(C)C. The molecule has 1 fully saturated rings.